The summed E-state index contributed by atoms with van der Waals surface area (Å²) in [6.07, 6.45) is 11.2. The van der Waals surface area contributed by atoms with Crippen molar-refractivity contribution in [1.82, 2.24) is 19.5 Å². The maximum absolute atomic E-state index is 4.74. The van der Waals surface area contributed by atoms with Gasteiger partial charge in [0.05, 0.1) is 6.33 Å². The first-order valence-electron chi connectivity index (χ1n) is 7.79. The molecule has 0 bridgehead atoms. The fourth-order valence-electron chi connectivity index (χ4n) is 3.07. The molecule has 0 radical (unpaired) electrons. The summed E-state index contributed by atoms with van der Waals surface area (Å²) in [5.74, 6) is 1.54. The number of aryl methyl sites for hydroxylation is 2. The second-order valence-corrected chi connectivity index (χ2v) is 5.87. The number of hydrogen-bond acceptors (Lipinski definition) is 4. The fourth-order valence-corrected chi connectivity index (χ4v) is 3.07. The molecule has 0 aliphatic carbocycles. The number of aromatic nitrogens is 4. The van der Waals surface area contributed by atoms with E-state index in [1.54, 1.807) is 0 Å². The van der Waals surface area contributed by atoms with Crippen LogP contribution >= 0.6 is 0 Å². The Morgan fingerprint density at radius 2 is 2.29 bits per heavy atom. The highest BCUT2D eigenvalue weighted by Crippen LogP contribution is 2.22. The van der Waals surface area contributed by atoms with Gasteiger partial charge in [0.25, 0.3) is 0 Å². The molecule has 5 heteroatoms. The average molecular weight is 285 g/mol. The number of hydrogen-bond donors (Lipinski definition) is 0. The zero-order chi connectivity index (χ0) is 14.7. The summed E-state index contributed by atoms with van der Waals surface area (Å²) in [4.78, 5) is 15.7. The van der Waals surface area contributed by atoms with Crippen LogP contribution in [0.3, 0.4) is 0 Å². The van der Waals surface area contributed by atoms with Crippen molar-refractivity contribution in [2.24, 2.45) is 5.92 Å². The minimum atomic E-state index is 0.642. The Bertz CT molecular complexity index is 578. The van der Waals surface area contributed by atoms with E-state index in [-0.39, 0.29) is 0 Å². The Hall–Kier alpha value is -1.91. The van der Waals surface area contributed by atoms with E-state index in [2.05, 4.69) is 33.3 Å². The van der Waals surface area contributed by atoms with Gasteiger partial charge in [0.2, 0.25) is 5.95 Å². The van der Waals surface area contributed by atoms with Gasteiger partial charge < -0.3 is 9.47 Å². The summed E-state index contributed by atoms with van der Waals surface area (Å²) in [6, 6.07) is 0. The van der Waals surface area contributed by atoms with Crippen LogP contribution in [0.4, 0.5) is 5.95 Å². The van der Waals surface area contributed by atoms with E-state index < -0.39 is 0 Å². The van der Waals surface area contributed by atoms with E-state index in [0.717, 1.165) is 37.7 Å². The van der Waals surface area contributed by atoms with Gasteiger partial charge in [0.15, 0.2) is 0 Å². The first kappa shape index (κ1) is 14.0. The predicted octanol–water partition coefficient (Wildman–Crippen LogP) is 2.46. The van der Waals surface area contributed by atoms with Crippen molar-refractivity contribution in [2.75, 3.05) is 18.0 Å². The number of imidazole rings is 1. The van der Waals surface area contributed by atoms with E-state index in [1.165, 1.54) is 18.4 Å². The van der Waals surface area contributed by atoms with Crippen LogP contribution in [0, 0.1) is 12.8 Å². The quantitative estimate of drug-likeness (QED) is 0.866. The molecule has 2 aromatic rings. The van der Waals surface area contributed by atoms with Gasteiger partial charge in [-0.25, -0.2) is 15.0 Å². The van der Waals surface area contributed by atoms with Crippen molar-refractivity contribution in [3.05, 3.63) is 36.2 Å². The van der Waals surface area contributed by atoms with Gasteiger partial charge in [0.1, 0.15) is 0 Å². The molecule has 1 unspecified atom stereocenters. The average Bonchev–Trinajstić information content (AvgIpc) is 3.01. The van der Waals surface area contributed by atoms with Crippen LogP contribution in [-0.2, 0) is 13.0 Å². The third-order valence-corrected chi connectivity index (χ3v) is 4.23. The van der Waals surface area contributed by atoms with E-state index in [4.69, 9.17) is 4.98 Å². The minimum absolute atomic E-state index is 0.642. The van der Waals surface area contributed by atoms with E-state index in [9.17, 15) is 0 Å². The molecule has 5 nitrogen and oxygen atoms in total. The molecule has 0 N–H and O–H groups in total. The van der Waals surface area contributed by atoms with Crippen molar-refractivity contribution < 1.29 is 0 Å². The highest BCUT2D eigenvalue weighted by Gasteiger charge is 2.22. The van der Waals surface area contributed by atoms with E-state index in [1.807, 2.05) is 24.9 Å². The molecule has 1 aliphatic heterocycles. The third kappa shape index (κ3) is 3.23. The maximum atomic E-state index is 4.74. The van der Waals surface area contributed by atoms with Gasteiger partial charge >= 0.3 is 0 Å². The van der Waals surface area contributed by atoms with E-state index >= 15 is 0 Å². The second kappa shape index (κ2) is 6.24. The summed E-state index contributed by atoms with van der Waals surface area (Å²) in [7, 11) is 0. The first-order chi connectivity index (χ1) is 10.3. The number of nitrogens with zero attached hydrogens (tertiary/aromatic N) is 5. The molecular formula is C16H23N5. The highest BCUT2D eigenvalue weighted by molar-refractivity contribution is 5.33. The second-order valence-electron chi connectivity index (χ2n) is 5.87. The number of rotatable bonds is 4. The van der Waals surface area contributed by atoms with Crippen molar-refractivity contribution in [1.29, 1.82) is 0 Å². The Kier molecular flexibility index (Phi) is 4.18. The van der Waals surface area contributed by atoms with Gasteiger partial charge in [-0.15, -0.1) is 0 Å². The van der Waals surface area contributed by atoms with Gasteiger partial charge in [-0.2, -0.15) is 0 Å². The standard InChI is InChI=1S/C16H23N5/c1-3-15-13(2)9-18-16(19-15)21-7-4-5-14(11-21)10-20-8-6-17-12-20/h6,8-9,12,14H,3-5,7,10-11H2,1-2H3. The van der Waals surface area contributed by atoms with Crippen molar-refractivity contribution in [3.63, 3.8) is 0 Å². The smallest absolute Gasteiger partial charge is 0.225 e. The SMILES string of the molecule is CCc1nc(N2CCCC(Cn3ccnc3)C2)ncc1C. The largest absolute Gasteiger partial charge is 0.340 e. The lowest BCUT2D eigenvalue weighted by atomic mass is 9.98. The van der Waals surface area contributed by atoms with Gasteiger partial charge in [-0.1, -0.05) is 6.92 Å². The topological polar surface area (TPSA) is 46.8 Å². The zero-order valence-corrected chi connectivity index (χ0v) is 12.9. The van der Waals surface area contributed by atoms with Crippen LogP contribution < -0.4 is 4.90 Å². The number of anilines is 1. The molecule has 1 atom stereocenters. The molecular weight excluding hydrogens is 262 g/mol. The maximum Gasteiger partial charge on any atom is 0.225 e. The molecule has 0 spiro atoms. The van der Waals surface area contributed by atoms with Crippen LogP contribution in [0.2, 0.25) is 0 Å². The van der Waals surface area contributed by atoms with Gasteiger partial charge in [-0.05, 0) is 37.7 Å². The lowest BCUT2D eigenvalue weighted by molar-refractivity contribution is 0.363. The van der Waals surface area contributed by atoms with Crippen LogP contribution in [0.15, 0.2) is 24.9 Å². The number of piperidine rings is 1. The minimum Gasteiger partial charge on any atom is -0.340 e. The molecule has 1 fully saturated rings. The molecule has 0 saturated carbocycles. The Morgan fingerprint density at radius 3 is 3.05 bits per heavy atom. The molecule has 112 valence electrons. The summed E-state index contributed by atoms with van der Waals surface area (Å²) >= 11 is 0. The Labute approximate surface area is 126 Å². The van der Waals surface area contributed by atoms with Crippen LogP contribution in [0.5, 0.6) is 0 Å². The summed E-state index contributed by atoms with van der Waals surface area (Å²) < 4.78 is 2.17. The van der Waals surface area contributed by atoms with Crippen LogP contribution in [0.1, 0.15) is 31.0 Å². The third-order valence-electron chi connectivity index (χ3n) is 4.23. The summed E-state index contributed by atoms with van der Waals surface area (Å²) in [6.45, 7) is 7.36. The fraction of sp³-hybridized carbons (Fsp3) is 0.562. The van der Waals surface area contributed by atoms with Gasteiger partial charge in [0, 0.05) is 43.9 Å². The van der Waals surface area contributed by atoms with Gasteiger partial charge in [-0.3, -0.25) is 0 Å². The molecule has 2 aromatic heterocycles. The molecule has 0 amide bonds. The Morgan fingerprint density at radius 1 is 1.38 bits per heavy atom. The monoisotopic (exact) mass is 285 g/mol. The zero-order valence-electron chi connectivity index (χ0n) is 12.9. The molecule has 1 aliphatic rings. The molecule has 1 saturated heterocycles. The summed E-state index contributed by atoms with van der Waals surface area (Å²) in [5.41, 5.74) is 2.35. The lowest BCUT2D eigenvalue weighted by Crippen LogP contribution is -2.38. The molecule has 3 rings (SSSR count). The normalized spacial score (nSPS) is 19.0. The molecule has 21 heavy (non-hydrogen) atoms. The van der Waals surface area contributed by atoms with Crippen molar-refractivity contribution in [3.8, 4) is 0 Å². The lowest BCUT2D eigenvalue weighted by Gasteiger charge is -2.33. The van der Waals surface area contributed by atoms with Crippen LogP contribution in [-0.4, -0.2) is 32.6 Å². The highest BCUT2D eigenvalue weighted by atomic mass is 15.3. The molecule has 0 aromatic carbocycles. The first-order valence-corrected chi connectivity index (χ1v) is 7.79. The van der Waals surface area contributed by atoms with Crippen LogP contribution in [0.25, 0.3) is 0 Å². The Balaban J connectivity index is 1.70. The predicted molar refractivity (Wildman–Crippen MR) is 83.3 cm³/mol. The van der Waals surface area contributed by atoms with Crippen molar-refractivity contribution >= 4 is 5.95 Å². The van der Waals surface area contributed by atoms with Crippen molar-refractivity contribution in [2.45, 2.75) is 39.7 Å². The van der Waals surface area contributed by atoms with E-state index in [0.29, 0.717) is 5.92 Å². The molecule has 3 heterocycles. The summed E-state index contributed by atoms with van der Waals surface area (Å²) in [5, 5.41) is 0.